The Morgan fingerprint density at radius 3 is 2.32 bits per heavy atom. The van der Waals surface area contributed by atoms with Gasteiger partial charge in [-0.1, -0.05) is 12.1 Å². The van der Waals surface area contributed by atoms with E-state index in [1.165, 1.54) is 18.4 Å². The van der Waals surface area contributed by atoms with Crippen LogP contribution < -0.4 is 0 Å². The third-order valence-corrected chi connectivity index (χ3v) is 6.92. The molecule has 0 saturated carbocycles. The van der Waals surface area contributed by atoms with Gasteiger partial charge in [0.1, 0.15) is 5.82 Å². The van der Waals surface area contributed by atoms with Crippen molar-refractivity contribution >= 4 is 10.0 Å². The molecule has 1 aromatic rings. The number of fused-ring (bicyclic) bond motifs is 2. The van der Waals surface area contributed by atoms with Crippen molar-refractivity contribution in [1.82, 2.24) is 9.21 Å². The number of sulfonamides is 1. The maximum atomic E-state index is 13.2. The number of halogens is 1. The third-order valence-electron chi connectivity index (χ3n) is 5.67. The van der Waals surface area contributed by atoms with E-state index in [4.69, 9.17) is 0 Å². The first kappa shape index (κ1) is 14.6. The highest BCUT2D eigenvalue weighted by Gasteiger charge is 2.55. The molecule has 5 rings (SSSR count). The molecular weight excluding hydrogens is 303 g/mol. The van der Waals surface area contributed by atoms with Gasteiger partial charge in [0, 0.05) is 24.5 Å². The van der Waals surface area contributed by atoms with E-state index in [1.807, 2.05) is 12.1 Å². The zero-order chi connectivity index (χ0) is 15.5. The first-order chi connectivity index (χ1) is 10.4. The summed E-state index contributed by atoms with van der Waals surface area (Å²) in [4.78, 5) is 2.45. The van der Waals surface area contributed by atoms with Crippen LogP contribution in [0.1, 0.15) is 24.3 Å². The highest BCUT2D eigenvalue weighted by Crippen LogP contribution is 2.47. The predicted octanol–water partition coefficient (Wildman–Crippen LogP) is 1.65. The summed E-state index contributed by atoms with van der Waals surface area (Å²) >= 11 is 0. The highest BCUT2D eigenvalue weighted by atomic mass is 32.2. The molecular formula is C16H21FN2O2S. The Bertz CT molecular complexity index is 668. The fourth-order valence-electron chi connectivity index (χ4n) is 4.74. The van der Waals surface area contributed by atoms with Gasteiger partial charge in [0.05, 0.1) is 6.26 Å². The molecule has 0 aliphatic carbocycles. The van der Waals surface area contributed by atoms with Gasteiger partial charge in [-0.25, -0.2) is 12.8 Å². The second-order valence-electron chi connectivity index (χ2n) is 6.85. The van der Waals surface area contributed by atoms with Crippen molar-refractivity contribution in [3.63, 3.8) is 0 Å². The highest BCUT2D eigenvalue weighted by molar-refractivity contribution is 7.88. The molecule has 0 amide bonds. The zero-order valence-corrected chi connectivity index (χ0v) is 13.5. The number of hydrogen-bond donors (Lipinski definition) is 0. The average molecular weight is 324 g/mol. The van der Waals surface area contributed by atoms with Crippen molar-refractivity contribution in [3.8, 4) is 0 Å². The summed E-state index contributed by atoms with van der Waals surface area (Å²) in [6, 6.07) is 6.91. The van der Waals surface area contributed by atoms with Crippen molar-refractivity contribution in [2.75, 3.05) is 25.9 Å². The molecule has 0 aromatic heterocycles. The van der Waals surface area contributed by atoms with E-state index in [-0.39, 0.29) is 23.8 Å². The third kappa shape index (κ3) is 2.20. The minimum Gasteiger partial charge on any atom is -0.298 e. The maximum Gasteiger partial charge on any atom is 0.211 e. The topological polar surface area (TPSA) is 40.6 Å². The van der Waals surface area contributed by atoms with Crippen molar-refractivity contribution in [2.24, 2.45) is 5.92 Å². The molecule has 4 nitrogen and oxygen atoms in total. The van der Waals surface area contributed by atoms with E-state index >= 15 is 0 Å². The van der Waals surface area contributed by atoms with Crippen molar-refractivity contribution in [1.29, 1.82) is 0 Å². The molecule has 3 atom stereocenters. The number of nitrogens with zero attached hydrogens (tertiary/aromatic N) is 2. The van der Waals surface area contributed by atoms with Gasteiger partial charge in [-0.3, -0.25) is 4.90 Å². The lowest BCUT2D eigenvalue weighted by Gasteiger charge is -2.50. The summed E-state index contributed by atoms with van der Waals surface area (Å²) in [6.45, 7) is 2.63. The molecule has 6 heteroatoms. The number of benzene rings is 1. The lowest BCUT2D eigenvalue weighted by Crippen LogP contribution is -2.60. The van der Waals surface area contributed by atoms with Gasteiger partial charge in [0.2, 0.25) is 10.0 Å². The molecule has 22 heavy (non-hydrogen) atoms. The minimum atomic E-state index is -3.21. The smallest absolute Gasteiger partial charge is 0.211 e. The molecule has 120 valence electrons. The summed E-state index contributed by atoms with van der Waals surface area (Å²) in [6.07, 6.45) is 3.49. The molecule has 0 spiro atoms. The molecule has 4 heterocycles. The van der Waals surface area contributed by atoms with Crippen LogP contribution in [0.4, 0.5) is 4.39 Å². The van der Waals surface area contributed by atoms with Gasteiger partial charge in [-0.15, -0.1) is 0 Å². The van der Waals surface area contributed by atoms with E-state index in [9.17, 15) is 12.8 Å². The van der Waals surface area contributed by atoms with Crippen LogP contribution in [0.15, 0.2) is 24.3 Å². The molecule has 4 aliphatic heterocycles. The Labute approximate surface area is 131 Å². The molecule has 4 fully saturated rings. The summed E-state index contributed by atoms with van der Waals surface area (Å²) in [5, 5.41) is 0. The Hall–Kier alpha value is -0.980. The van der Waals surface area contributed by atoms with E-state index in [0.29, 0.717) is 12.5 Å². The van der Waals surface area contributed by atoms with E-state index in [2.05, 4.69) is 4.90 Å². The molecule has 0 N–H and O–H groups in total. The second kappa shape index (κ2) is 5.01. The van der Waals surface area contributed by atoms with E-state index in [0.717, 1.165) is 31.5 Å². The van der Waals surface area contributed by atoms with Crippen LogP contribution in [0.2, 0.25) is 0 Å². The minimum absolute atomic E-state index is 0.0903. The van der Waals surface area contributed by atoms with Gasteiger partial charge in [0.25, 0.3) is 0 Å². The van der Waals surface area contributed by atoms with Crippen LogP contribution in [0.3, 0.4) is 0 Å². The number of hydrogen-bond acceptors (Lipinski definition) is 3. The fraction of sp³-hybridized carbons (Fsp3) is 0.625. The van der Waals surface area contributed by atoms with Crippen LogP contribution in [-0.2, 0) is 10.0 Å². The predicted molar refractivity (Wildman–Crippen MR) is 82.6 cm³/mol. The van der Waals surface area contributed by atoms with E-state index < -0.39 is 10.0 Å². The van der Waals surface area contributed by atoms with Crippen LogP contribution in [-0.4, -0.2) is 55.6 Å². The van der Waals surface area contributed by atoms with Gasteiger partial charge in [-0.05, 0) is 49.5 Å². The standard InChI is InChI=1S/C16H21FN2O2S/c1-22(20,21)19-10-14(11-2-4-13(17)5-3-11)16-15(19)12-6-8-18(16)9-7-12/h2-5,12,14-16H,6-10H2,1H3/t14-,15+,16+/m0/s1. The van der Waals surface area contributed by atoms with Gasteiger partial charge >= 0.3 is 0 Å². The lowest BCUT2D eigenvalue weighted by atomic mass is 9.75. The first-order valence-corrected chi connectivity index (χ1v) is 9.76. The van der Waals surface area contributed by atoms with Gasteiger partial charge in [0.15, 0.2) is 0 Å². The lowest BCUT2D eigenvalue weighted by molar-refractivity contribution is 0.0124. The Morgan fingerprint density at radius 2 is 1.73 bits per heavy atom. The maximum absolute atomic E-state index is 13.2. The molecule has 1 aromatic carbocycles. The summed E-state index contributed by atoms with van der Waals surface area (Å²) in [5.74, 6) is 0.363. The zero-order valence-electron chi connectivity index (χ0n) is 12.7. The normalized spacial score (nSPS) is 38.2. The van der Waals surface area contributed by atoms with Crippen molar-refractivity contribution in [2.45, 2.75) is 30.8 Å². The number of rotatable bonds is 2. The van der Waals surface area contributed by atoms with E-state index in [1.54, 1.807) is 4.31 Å². The SMILES string of the molecule is CS(=O)(=O)N1C[C@@H](c2ccc(F)cc2)[C@@H]2[C@H]1C1CCN2CC1. The summed E-state index contributed by atoms with van der Waals surface area (Å²) in [5.41, 5.74) is 1.05. The van der Waals surface area contributed by atoms with Crippen LogP contribution in [0.25, 0.3) is 0 Å². The average Bonchev–Trinajstić information content (AvgIpc) is 2.92. The number of piperidine rings is 3. The summed E-state index contributed by atoms with van der Waals surface area (Å²) < 4.78 is 39.4. The first-order valence-electron chi connectivity index (χ1n) is 7.91. The van der Waals surface area contributed by atoms with Crippen molar-refractivity contribution in [3.05, 3.63) is 35.6 Å². The Kier molecular flexibility index (Phi) is 3.33. The monoisotopic (exact) mass is 324 g/mol. The largest absolute Gasteiger partial charge is 0.298 e. The summed E-state index contributed by atoms with van der Waals surface area (Å²) in [7, 11) is -3.21. The fourth-order valence-corrected chi connectivity index (χ4v) is 5.91. The van der Waals surface area contributed by atoms with Crippen LogP contribution in [0, 0.1) is 11.7 Å². The van der Waals surface area contributed by atoms with Gasteiger partial charge in [-0.2, -0.15) is 4.31 Å². The second-order valence-corrected chi connectivity index (χ2v) is 8.78. The van der Waals surface area contributed by atoms with Crippen molar-refractivity contribution < 1.29 is 12.8 Å². The molecule has 0 radical (unpaired) electrons. The molecule has 4 aliphatic rings. The van der Waals surface area contributed by atoms with Gasteiger partial charge < -0.3 is 0 Å². The van der Waals surface area contributed by atoms with Crippen LogP contribution >= 0.6 is 0 Å². The Morgan fingerprint density at radius 1 is 1.09 bits per heavy atom. The molecule has 2 bridgehead atoms. The Balaban J connectivity index is 1.75. The molecule has 0 unspecified atom stereocenters. The van der Waals surface area contributed by atoms with Crippen LogP contribution in [0.5, 0.6) is 0 Å². The molecule has 4 saturated heterocycles. The quantitative estimate of drug-likeness (QED) is 0.830.